The molecular formula is C12H22N4O2. The third-order valence-corrected chi connectivity index (χ3v) is 3.42. The van der Waals surface area contributed by atoms with Crippen LogP contribution in [0.5, 0.6) is 0 Å². The van der Waals surface area contributed by atoms with Crippen LogP contribution in [0.2, 0.25) is 0 Å². The van der Waals surface area contributed by atoms with Crippen molar-refractivity contribution in [3.8, 4) is 0 Å². The third kappa shape index (κ3) is 4.27. The molecule has 102 valence electrons. The first kappa shape index (κ1) is 13.3. The Morgan fingerprint density at radius 1 is 1.00 bits per heavy atom. The van der Waals surface area contributed by atoms with Gasteiger partial charge in [0.25, 0.3) is 0 Å². The molecule has 0 bridgehead atoms. The Hall–Kier alpha value is -1.14. The summed E-state index contributed by atoms with van der Waals surface area (Å²) in [7, 11) is 1.65. The third-order valence-electron chi connectivity index (χ3n) is 3.42. The topological polar surface area (TPSA) is 64.7 Å². The summed E-state index contributed by atoms with van der Waals surface area (Å²) < 4.78 is 0. The van der Waals surface area contributed by atoms with Gasteiger partial charge in [-0.2, -0.15) is 0 Å². The van der Waals surface area contributed by atoms with E-state index >= 15 is 0 Å². The van der Waals surface area contributed by atoms with Crippen LogP contribution in [0.15, 0.2) is 0 Å². The molecule has 1 heterocycles. The van der Waals surface area contributed by atoms with Gasteiger partial charge in [-0.25, -0.2) is 0 Å². The van der Waals surface area contributed by atoms with Crippen LogP contribution in [0.4, 0.5) is 0 Å². The van der Waals surface area contributed by atoms with Crippen molar-refractivity contribution in [1.82, 2.24) is 20.4 Å². The molecule has 2 amide bonds. The Morgan fingerprint density at radius 3 is 1.94 bits per heavy atom. The number of nitrogens with zero attached hydrogens (tertiary/aromatic N) is 2. The summed E-state index contributed by atoms with van der Waals surface area (Å²) in [6.45, 7) is 4.36. The average Bonchev–Trinajstić information content (AvgIpc) is 3.15. The highest BCUT2D eigenvalue weighted by molar-refractivity contribution is 5.78. The fourth-order valence-electron chi connectivity index (χ4n) is 2.09. The number of rotatable bonds is 5. The Labute approximate surface area is 108 Å². The summed E-state index contributed by atoms with van der Waals surface area (Å²) in [5.74, 6) is 0.187. The van der Waals surface area contributed by atoms with E-state index in [9.17, 15) is 9.59 Å². The van der Waals surface area contributed by atoms with Gasteiger partial charge in [0.2, 0.25) is 11.8 Å². The normalized spacial score (nSPS) is 21.6. The minimum Gasteiger partial charge on any atom is -0.358 e. The molecule has 0 aromatic rings. The molecule has 6 nitrogen and oxygen atoms in total. The highest BCUT2D eigenvalue weighted by Gasteiger charge is 2.25. The van der Waals surface area contributed by atoms with Crippen molar-refractivity contribution in [2.45, 2.75) is 18.9 Å². The van der Waals surface area contributed by atoms with Crippen molar-refractivity contribution in [3.05, 3.63) is 0 Å². The maximum Gasteiger partial charge on any atom is 0.234 e. The van der Waals surface area contributed by atoms with Crippen LogP contribution in [0.1, 0.15) is 12.8 Å². The van der Waals surface area contributed by atoms with Crippen molar-refractivity contribution < 1.29 is 9.59 Å². The molecule has 0 atom stereocenters. The Bertz CT molecular complexity index is 309. The molecule has 6 heteroatoms. The highest BCUT2D eigenvalue weighted by Crippen LogP contribution is 2.18. The van der Waals surface area contributed by atoms with Crippen LogP contribution in [0, 0.1) is 0 Å². The number of amides is 2. The first-order valence-electron chi connectivity index (χ1n) is 6.62. The van der Waals surface area contributed by atoms with Gasteiger partial charge in [0.1, 0.15) is 0 Å². The number of carbonyl (C=O) groups excluding carboxylic acids is 2. The molecule has 1 saturated heterocycles. The van der Waals surface area contributed by atoms with Crippen LogP contribution in [-0.4, -0.2) is 74.0 Å². The molecule has 18 heavy (non-hydrogen) atoms. The Morgan fingerprint density at radius 2 is 1.50 bits per heavy atom. The minimum atomic E-state index is 0.0509. The lowest BCUT2D eigenvalue weighted by Gasteiger charge is -2.33. The van der Waals surface area contributed by atoms with Gasteiger partial charge in [-0.3, -0.25) is 19.4 Å². The number of nitrogens with one attached hydrogen (secondary N) is 2. The largest absolute Gasteiger partial charge is 0.358 e. The first-order chi connectivity index (χ1) is 8.67. The van der Waals surface area contributed by atoms with Crippen molar-refractivity contribution in [3.63, 3.8) is 0 Å². The zero-order valence-electron chi connectivity index (χ0n) is 10.9. The van der Waals surface area contributed by atoms with Crippen molar-refractivity contribution in [2.75, 3.05) is 46.3 Å². The number of hydrogen-bond donors (Lipinski definition) is 2. The van der Waals surface area contributed by atoms with Gasteiger partial charge >= 0.3 is 0 Å². The number of likely N-dealkylation sites (N-methyl/N-ethyl adjacent to an activating group) is 1. The standard InChI is InChI=1S/C12H22N4O2/c1-13-11(17)8-15-4-6-16(7-5-15)9-12(18)14-10-2-3-10/h10H,2-9H2,1H3,(H,13,17)(H,14,18). The first-order valence-corrected chi connectivity index (χ1v) is 6.62. The van der Waals surface area contributed by atoms with E-state index in [1.54, 1.807) is 7.05 Å². The van der Waals surface area contributed by atoms with Gasteiger partial charge in [0.05, 0.1) is 13.1 Å². The zero-order chi connectivity index (χ0) is 13.0. The summed E-state index contributed by atoms with van der Waals surface area (Å²) in [5, 5.41) is 5.62. The molecule has 0 spiro atoms. The van der Waals surface area contributed by atoms with Crippen molar-refractivity contribution >= 4 is 11.8 Å². The number of piperazine rings is 1. The quantitative estimate of drug-likeness (QED) is 0.635. The second-order valence-electron chi connectivity index (χ2n) is 5.07. The second kappa shape index (κ2) is 6.15. The fourth-order valence-corrected chi connectivity index (χ4v) is 2.09. The zero-order valence-corrected chi connectivity index (χ0v) is 10.9. The molecule has 0 aromatic heterocycles. The van der Waals surface area contributed by atoms with E-state index in [1.165, 1.54) is 0 Å². The molecule has 0 unspecified atom stereocenters. The van der Waals surface area contributed by atoms with E-state index in [1.807, 2.05) is 0 Å². The van der Waals surface area contributed by atoms with Crippen molar-refractivity contribution in [1.29, 1.82) is 0 Å². The molecule has 1 aliphatic carbocycles. The summed E-state index contributed by atoms with van der Waals surface area (Å²) in [4.78, 5) is 27.1. The smallest absolute Gasteiger partial charge is 0.234 e. The second-order valence-corrected chi connectivity index (χ2v) is 5.07. The lowest BCUT2D eigenvalue weighted by Crippen LogP contribution is -2.51. The molecule has 0 radical (unpaired) electrons. The lowest BCUT2D eigenvalue weighted by atomic mass is 10.3. The van der Waals surface area contributed by atoms with E-state index in [-0.39, 0.29) is 11.8 Å². The maximum atomic E-state index is 11.6. The monoisotopic (exact) mass is 254 g/mol. The van der Waals surface area contributed by atoms with Crippen molar-refractivity contribution in [2.24, 2.45) is 0 Å². The molecule has 0 aromatic carbocycles. The molecule has 2 N–H and O–H groups in total. The summed E-state index contributed by atoms with van der Waals surface area (Å²) in [6, 6.07) is 0.437. The molecule has 2 aliphatic rings. The van der Waals surface area contributed by atoms with E-state index in [0.29, 0.717) is 19.1 Å². The van der Waals surface area contributed by atoms with Gasteiger partial charge in [0, 0.05) is 39.3 Å². The van der Waals surface area contributed by atoms with Gasteiger partial charge in [-0.1, -0.05) is 0 Å². The maximum absolute atomic E-state index is 11.6. The van der Waals surface area contributed by atoms with E-state index in [4.69, 9.17) is 0 Å². The van der Waals surface area contributed by atoms with Crippen LogP contribution >= 0.6 is 0 Å². The van der Waals surface area contributed by atoms with Gasteiger partial charge in [-0.15, -0.1) is 0 Å². The van der Waals surface area contributed by atoms with Gasteiger partial charge in [-0.05, 0) is 12.8 Å². The Kier molecular flexibility index (Phi) is 4.54. The summed E-state index contributed by atoms with van der Waals surface area (Å²) in [6.07, 6.45) is 2.26. The SMILES string of the molecule is CNC(=O)CN1CCN(CC(=O)NC2CC2)CC1. The Balaban J connectivity index is 1.63. The van der Waals surface area contributed by atoms with Gasteiger partial charge in [0.15, 0.2) is 0 Å². The molecular weight excluding hydrogens is 232 g/mol. The average molecular weight is 254 g/mol. The lowest BCUT2D eigenvalue weighted by molar-refractivity contribution is -0.124. The molecule has 1 saturated carbocycles. The molecule has 1 aliphatic heterocycles. The van der Waals surface area contributed by atoms with E-state index in [0.717, 1.165) is 39.0 Å². The van der Waals surface area contributed by atoms with Crippen LogP contribution in [-0.2, 0) is 9.59 Å². The van der Waals surface area contributed by atoms with Crippen LogP contribution < -0.4 is 10.6 Å². The predicted octanol–water partition coefficient (Wildman–Crippen LogP) is -1.37. The summed E-state index contributed by atoms with van der Waals surface area (Å²) in [5.41, 5.74) is 0. The highest BCUT2D eigenvalue weighted by atomic mass is 16.2. The van der Waals surface area contributed by atoms with Crippen LogP contribution in [0.25, 0.3) is 0 Å². The van der Waals surface area contributed by atoms with Gasteiger partial charge < -0.3 is 10.6 Å². The molecule has 2 rings (SSSR count). The molecule has 2 fully saturated rings. The summed E-state index contributed by atoms with van der Waals surface area (Å²) >= 11 is 0. The predicted molar refractivity (Wildman–Crippen MR) is 68.1 cm³/mol. The van der Waals surface area contributed by atoms with Crippen LogP contribution in [0.3, 0.4) is 0 Å². The number of carbonyl (C=O) groups is 2. The van der Waals surface area contributed by atoms with E-state index in [2.05, 4.69) is 20.4 Å². The van der Waals surface area contributed by atoms with E-state index < -0.39 is 0 Å². The fraction of sp³-hybridized carbons (Fsp3) is 0.833. The minimum absolute atomic E-state index is 0.0509. The number of hydrogen-bond acceptors (Lipinski definition) is 4.